The van der Waals surface area contributed by atoms with Crippen LogP contribution in [0.3, 0.4) is 0 Å². The maximum atomic E-state index is 5.84. The fraction of sp³-hybridized carbons (Fsp3) is 0.300. The van der Waals surface area contributed by atoms with Gasteiger partial charge in [-0.3, -0.25) is 0 Å². The zero-order valence-corrected chi connectivity index (χ0v) is 9.75. The number of hydrogen-bond acceptors (Lipinski definition) is 2. The third-order valence-corrected chi connectivity index (χ3v) is 2.72. The molecule has 0 saturated carbocycles. The Bertz CT molecular complexity index is 473. The number of imidazole rings is 1. The standard InChI is InChI=1S/C10H12BrN3/c1-6(12)10-13-7(2)9-5-8(11)3-4-14(9)10/h3-6H,12H2,1-2H3. The van der Waals surface area contributed by atoms with Gasteiger partial charge in [-0.1, -0.05) is 15.9 Å². The van der Waals surface area contributed by atoms with Crippen molar-refractivity contribution in [2.45, 2.75) is 19.9 Å². The molecule has 0 aliphatic carbocycles. The predicted molar refractivity (Wildman–Crippen MR) is 60.2 cm³/mol. The van der Waals surface area contributed by atoms with E-state index < -0.39 is 0 Å². The van der Waals surface area contributed by atoms with Gasteiger partial charge in [-0.2, -0.15) is 0 Å². The van der Waals surface area contributed by atoms with Crippen LogP contribution in [0, 0.1) is 6.92 Å². The van der Waals surface area contributed by atoms with Crippen molar-refractivity contribution < 1.29 is 0 Å². The van der Waals surface area contributed by atoms with Gasteiger partial charge in [0.1, 0.15) is 5.82 Å². The van der Waals surface area contributed by atoms with Crippen LogP contribution in [0.2, 0.25) is 0 Å². The second kappa shape index (κ2) is 3.37. The predicted octanol–water partition coefficient (Wildman–Crippen LogP) is 2.42. The van der Waals surface area contributed by atoms with Gasteiger partial charge < -0.3 is 10.1 Å². The quantitative estimate of drug-likeness (QED) is 0.849. The number of pyridine rings is 1. The highest BCUT2D eigenvalue weighted by atomic mass is 79.9. The SMILES string of the molecule is Cc1nc(C(C)N)n2ccc(Br)cc12. The van der Waals surface area contributed by atoms with Crippen molar-refractivity contribution in [3.05, 3.63) is 34.3 Å². The Hall–Kier alpha value is -0.870. The molecule has 2 rings (SSSR count). The van der Waals surface area contributed by atoms with Crippen LogP contribution in [-0.4, -0.2) is 9.38 Å². The van der Waals surface area contributed by atoms with Crippen LogP contribution in [0.1, 0.15) is 24.5 Å². The third-order valence-electron chi connectivity index (χ3n) is 2.22. The molecular formula is C10H12BrN3. The van der Waals surface area contributed by atoms with Crippen LogP contribution in [-0.2, 0) is 0 Å². The van der Waals surface area contributed by atoms with Gasteiger partial charge in [0, 0.05) is 10.7 Å². The zero-order valence-electron chi connectivity index (χ0n) is 8.16. The van der Waals surface area contributed by atoms with Crippen molar-refractivity contribution in [2.75, 3.05) is 0 Å². The second-order valence-electron chi connectivity index (χ2n) is 3.44. The van der Waals surface area contributed by atoms with Gasteiger partial charge in [0.25, 0.3) is 0 Å². The first-order valence-electron chi connectivity index (χ1n) is 4.49. The van der Waals surface area contributed by atoms with Crippen LogP contribution in [0.4, 0.5) is 0 Å². The normalized spacial score (nSPS) is 13.4. The summed E-state index contributed by atoms with van der Waals surface area (Å²) in [5.41, 5.74) is 7.95. The number of aryl methyl sites for hydroxylation is 1. The smallest absolute Gasteiger partial charge is 0.130 e. The molecule has 0 aliphatic rings. The highest BCUT2D eigenvalue weighted by molar-refractivity contribution is 9.10. The van der Waals surface area contributed by atoms with E-state index in [1.165, 1.54) is 0 Å². The van der Waals surface area contributed by atoms with Gasteiger partial charge in [-0.25, -0.2) is 4.98 Å². The maximum Gasteiger partial charge on any atom is 0.130 e. The summed E-state index contributed by atoms with van der Waals surface area (Å²) in [6, 6.07) is 3.99. The summed E-state index contributed by atoms with van der Waals surface area (Å²) in [6.07, 6.45) is 1.98. The highest BCUT2D eigenvalue weighted by Gasteiger charge is 2.10. The van der Waals surface area contributed by atoms with Crippen molar-refractivity contribution in [1.29, 1.82) is 0 Å². The minimum Gasteiger partial charge on any atom is -0.322 e. The van der Waals surface area contributed by atoms with Gasteiger partial charge in [0.2, 0.25) is 0 Å². The second-order valence-corrected chi connectivity index (χ2v) is 4.36. The number of fused-ring (bicyclic) bond motifs is 1. The lowest BCUT2D eigenvalue weighted by Gasteiger charge is -2.03. The molecule has 74 valence electrons. The molecule has 0 aromatic carbocycles. The Morgan fingerprint density at radius 1 is 1.57 bits per heavy atom. The fourth-order valence-electron chi connectivity index (χ4n) is 1.56. The molecule has 0 fully saturated rings. The molecule has 0 spiro atoms. The van der Waals surface area contributed by atoms with E-state index in [0.29, 0.717) is 0 Å². The zero-order chi connectivity index (χ0) is 10.3. The van der Waals surface area contributed by atoms with E-state index in [1.54, 1.807) is 0 Å². The molecule has 0 radical (unpaired) electrons. The average molecular weight is 254 g/mol. The summed E-state index contributed by atoms with van der Waals surface area (Å²) >= 11 is 3.44. The average Bonchev–Trinajstić information content (AvgIpc) is 2.44. The van der Waals surface area contributed by atoms with E-state index in [9.17, 15) is 0 Å². The molecule has 0 saturated heterocycles. The van der Waals surface area contributed by atoms with Gasteiger partial charge in [0.15, 0.2) is 0 Å². The molecular weight excluding hydrogens is 242 g/mol. The van der Waals surface area contributed by atoms with E-state index in [0.717, 1.165) is 21.5 Å². The molecule has 0 bridgehead atoms. The molecule has 4 heteroatoms. The van der Waals surface area contributed by atoms with Crippen molar-refractivity contribution >= 4 is 21.4 Å². The largest absolute Gasteiger partial charge is 0.322 e. The molecule has 1 atom stereocenters. The Labute approximate surface area is 91.1 Å². The van der Waals surface area contributed by atoms with Crippen LogP contribution in [0.25, 0.3) is 5.52 Å². The molecule has 0 aliphatic heterocycles. The summed E-state index contributed by atoms with van der Waals surface area (Å²) in [5.74, 6) is 0.907. The number of nitrogens with two attached hydrogens (primary N) is 1. The third kappa shape index (κ3) is 1.44. The number of hydrogen-bond donors (Lipinski definition) is 1. The van der Waals surface area contributed by atoms with Gasteiger partial charge in [-0.05, 0) is 26.0 Å². The molecule has 3 nitrogen and oxygen atoms in total. The first-order chi connectivity index (χ1) is 6.59. The number of rotatable bonds is 1. The maximum absolute atomic E-state index is 5.84. The molecule has 2 aromatic rings. The van der Waals surface area contributed by atoms with Crippen LogP contribution in [0.5, 0.6) is 0 Å². The van der Waals surface area contributed by atoms with Crippen molar-refractivity contribution in [2.24, 2.45) is 5.73 Å². The number of halogens is 1. The lowest BCUT2D eigenvalue weighted by Crippen LogP contribution is -2.09. The van der Waals surface area contributed by atoms with Crippen LogP contribution >= 0.6 is 15.9 Å². The van der Waals surface area contributed by atoms with Gasteiger partial charge in [0.05, 0.1) is 17.3 Å². The Morgan fingerprint density at radius 3 is 2.93 bits per heavy atom. The van der Waals surface area contributed by atoms with Crippen molar-refractivity contribution in [3.63, 3.8) is 0 Å². The van der Waals surface area contributed by atoms with Crippen molar-refractivity contribution in [1.82, 2.24) is 9.38 Å². The van der Waals surface area contributed by atoms with E-state index in [2.05, 4.69) is 20.9 Å². The van der Waals surface area contributed by atoms with E-state index >= 15 is 0 Å². The number of aromatic nitrogens is 2. The highest BCUT2D eigenvalue weighted by Crippen LogP contribution is 2.20. The molecule has 2 aromatic heterocycles. The van der Waals surface area contributed by atoms with Crippen LogP contribution in [0.15, 0.2) is 22.8 Å². The molecule has 2 N–H and O–H groups in total. The van der Waals surface area contributed by atoms with Gasteiger partial charge >= 0.3 is 0 Å². The Morgan fingerprint density at radius 2 is 2.29 bits per heavy atom. The van der Waals surface area contributed by atoms with E-state index in [1.807, 2.05) is 36.6 Å². The summed E-state index contributed by atoms with van der Waals surface area (Å²) in [6.45, 7) is 3.93. The Kier molecular flexibility index (Phi) is 2.33. The molecule has 14 heavy (non-hydrogen) atoms. The van der Waals surface area contributed by atoms with Crippen molar-refractivity contribution in [3.8, 4) is 0 Å². The number of nitrogens with zero attached hydrogens (tertiary/aromatic N) is 2. The molecule has 0 amide bonds. The summed E-state index contributed by atoms with van der Waals surface area (Å²) in [4.78, 5) is 4.45. The Balaban J connectivity index is 2.77. The fourth-order valence-corrected chi connectivity index (χ4v) is 1.89. The van der Waals surface area contributed by atoms with Crippen LogP contribution < -0.4 is 5.73 Å². The lowest BCUT2D eigenvalue weighted by atomic mass is 10.3. The van der Waals surface area contributed by atoms with Gasteiger partial charge in [-0.15, -0.1) is 0 Å². The first kappa shape index (κ1) is 9.68. The van der Waals surface area contributed by atoms with E-state index in [-0.39, 0.29) is 6.04 Å². The minimum absolute atomic E-state index is 0.0441. The summed E-state index contributed by atoms with van der Waals surface area (Å²) in [5, 5.41) is 0. The first-order valence-corrected chi connectivity index (χ1v) is 5.28. The summed E-state index contributed by atoms with van der Waals surface area (Å²) in [7, 11) is 0. The minimum atomic E-state index is -0.0441. The van der Waals surface area contributed by atoms with E-state index in [4.69, 9.17) is 5.73 Å². The summed E-state index contributed by atoms with van der Waals surface area (Å²) < 4.78 is 3.09. The molecule has 2 heterocycles. The topological polar surface area (TPSA) is 43.3 Å². The monoisotopic (exact) mass is 253 g/mol. The molecule has 1 unspecified atom stereocenters. The lowest BCUT2D eigenvalue weighted by molar-refractivity contribution is 0.734.